The number of hydrogen-bond acceptors (Lipinski definition) is 8. The predicted molar refractivity (Wildman–Crippen MR) is 92.1 cm³/mol. The minimum Gasteiger partial charge on any atom is -0.461 e. The van der Waals surface area contributed by atoms with Crippen LogP contribution in [-0.2, 0) is 19.1 Å². The monoisotopic (exact) mass is 394 g/mol. The van der Waals surface area contributed by atoms with Crippen LogP contribution in [0.25, 0.3) is 0 Å². The number of hydrogen-bond donors (Lipinski definition) is 4. The van der Waals surface area contributed by atoms with Gasteiger partial charge in [-0.25, -0.2) is 0 Å². The summed E-state index contributed by atoms with van der Waals surface area (Å²) in [6, 6.07) is 0. The van der Waals surface area contributed by atoms with E-state index >= 15 is 0 Å². The Bertz CT molecular complexity index is 791. The van der Waals surface area contributed by atoms with Crippen LogP contribution >= 0.6 is 0 Å². The average molecular weight is 394 g/mol. The van der Waals surface area contributed by atoms with Crippen LogP contribution < -0.4 is 0 Å². The van der Waals surface area contributed by atoms with Crippen molar-refractivity contribution in [3.05, 3.63) is 12.2 Å². The van der Waals surface area contributed by atoms with Crippen LogP contribution in [0.3, 0.4) is 0 Å². The third kappa shape index (κ3) is 1.69. The van der Waals surface area contributed by atoms with Crippen molar-refractivity contribution in [3.8, 4) is 0 Å². The molecule has 0 aromatic rings. The molecule has 2 saturated heterocycles. The Morgan fingerprint density at radius 3 is 2.36 bits per heavy atom. The summed E-state index contributed by atoms with van der Waals surface area (Å²) in [5.41, 5.74) is -3.52. The molecule has 2 spiro atoms. The molecule has 2 aliphatic heterocycles. The minimum absolute atomic E-state index is 0.00314. The third-order valence-corrected chi connectivity index (χ3v) is 8.57. The lowest BCUT2D eigenvalue weighted by molar-refractivity contribution is -0.274. The maximum absolute atomic E-state index is 13.3. The molecule has 5 aliphatic rings. The Hall–Kier alpha value is -1.48. The van der Waals surface area contributed by atoms with Gasteiger partial charge in [-0.2, -0.15) is 0 Å². The Morgan fingerprint density at radius 2 is 1.68 bits per heavy atom. The summed E-state index contributed by atoms with van der Waals surface area (Å²) in [6.45, 7) is 7.39. The highest BCUT2D eigenvalue weighted by molar-refractivity contribution is 5.89. The van der Waals surface area contributed by atoms with Crippen molar-refractivity contribution < 1.29 is 39.5 Å². The molecular formula is C20H26O8. The lowest BCUT2D eigenvalue weighted by Gasteiger charge is -2.62. The van der Waals surface area contributed by atoms with E-state index in [0.29, 0.717) is 5.57 Å². The van der Waals surface area contributed by atoms with E-state index in [2.05, 4.69) is 6.58 Å². The van der Waals surface area contributed by atoms with Crippen LogP contribution in [0.1, 0.15) is 33.1 Å². The number of fused-ring (bicyclic) bond motifs is 1. The zero-order valence-electron chi connectivity index (χ0n) is 15.9. The van der Waals surface area contributed by atoms with Crippen LogP contribution in [0, 0.1) is 34.0 Å². The number of esters is 2. The van der Waals surface area contributed by atoms with E-state index in [1.165, 1.54) is 0 Å². The second kappa shape index (κ2) is 5.16. The van der Waals surface area contributed by atoms with Crippen molar-refractivity contribution in [1.29, 1.82) is 0 Å². The van der Waals surface area contributed by atoms with Gasteiger partial charge < -0.3 is 29.9 Å². The van der Waals surface area contributed by atoms with E-state index in [4.69, 9.17) is 9.47 Å². The Morgan fingerprint density at radius 1 is 1.00 bits per heavy atom. The number of rotatable bonds is 0. The van der Waals surface area contributed by atoms with Gasteiger partial charge >= 0.3 is 11.9 Å². The second-order valence-electron chi connectivity index (χ2n) is 9.87. The summed E-state index contributed by atoms with van der Waals surface area (Å²) >= 11 is 0. The number of ether oxygens (including phenoxy) is 2. The molecular weight excluding hydrogens is 368 g/mol. The number of carbonyl (C=O) groups excluding carboxylic acids is 2. The van der Waals surface area contributed by atoms with Crippen LogP contribution in [0.15, 0.2) is 12.2 Å². The molecule has 0 radical (unpaired) electrons. The van der Waals surface area contributed by atoms with Gasteiger partial charge in [0.2, 0.25) is 6.29 Å². The molecule has 10 atom stereocenters. The first-order valence-corrected chi connectivity index (χ1v) is 9.83. The van der Waals surface area contributed by atoms with Crippen molar-refractivity contribution >= 4 is 11.9 Å². The average Bonchev–Trinajstić information content (AvgIpc) is 2.98. The van der Waals surface area contributed by atoms with Gasteiger partial charge in [0.15, 0.2) is 0 Å². The predicted octanol–water partition coefficient (Wildman–Crippen LogP) is -0.515. The Kier molecular flexibility index (Phi) is 3.42. The largest absolute Gasteiger partial charge is 0.461 e. The fraction of sp³-hybridized carbons (Fsp3) is 0.800. The fourth-order valence-electron chi connectivity index (χ4n) is 7.35. The van der Waals surface area contributed by atoms with Crippen LogP contribution in [0.4, 0.5) is 0 Å². The SMILES string of the molecule is C=C1[C@@H]2C[C@@H](O)[C@@H]3[C@](C2)(C(=O)O[C@H]2C[C@H](O)C(C)(C)[C@H]4[C@H](O)OC(=O)[C@@]243)[C@@H]1O. The summed E-state index contributed by atoms with van der Waals surface area (Å²) in [5.74, 6) is -3.55. The molecule has 0 amide bonds. The van der Waals surface area contributed by atoms with E-state index in [1.807, 2.05) is 0 Å². The zero-order valence-corrected chi connectivity index (χ0v) is 15.9. The van der Waals surface area contributed by atoms with Gasteiger partial charge in [-0.1, -0.05) is 20.4 Å². The summed E-state index contributed by atoms with van der Waals surface area (Å²) in [5, 5.41) is 43.5. The maximum atomic E-state index is 13.3. The summed E-state index contributed by atoms with van der Waals surface area (Å²) in [4.78, 5) is 26.4. The van der Waals surface area contributed by atoms with E-state index in [1.54, 1.807) is 13.8 Å². The van der Waals surface area contributed by atoms with Gasteiger partial charge in [0.1, 0.15) is 16.9 Å². The van der Waals surface area contributed by atoms with Gasteiger partial charge in [0.05, 0.1) is 18.3 Å². The lowest BCUT2D eigenvalue weighted by atomic mass is 9.42. The maximum Gasteiger partial charge on any atom is 0.319 e. The fourth-order valence-corrected chi connectivity index (χ4v) is 7.35. The molecule has 154 valence electrons. The van der Waals surface area contributed by atoms with Crippen molar-refractivity contribution in [2.24, 2.45) is 34.0 Å². The molecule has 3 saturated carbocycles. The first-order valence-electron chi connectivity index (χ1n) is 9.83. The highest BCUT2D eigenvalue weighted by Crippen LogP contribution is 2.72. The zero-order chi connectivity index (χ0) is 20.4. The number of aliphatic hydroxyl groups excluding tert-OH is 4. The second-order valence-corrected chi connectivity index (χ2v) is 9.87. The Balaban J connectivity index is 1.79. The normalized spacial score (nSPS) is 56.4. The molecule has 3 aliphatic carbocycles. The van der Waals surface area contributed by atoms with E-state index in [0.717, 1.165) is 0 Å². The van der Waals surface area contributed by atoms with Crippen molar-refractivity contribution in [2.45, 2.75) is 63.8 Å². The minimum atomic E-state index is -1.54. The molecule has 2 bridgehead atoms. The lowest BCUT2D eigenvalue weighted by Crippen LogP contribution is -2.74. The molecule has 28 heavy (non-hydrogen) atoms. The van der Waals surface area contributed by atoms with Gasteiger partial charge in [-0.05, 0) is 24.3 Å². The van der Waals surface area contributed by atoms with Crippen LogP contribution in [0.5, 0.6) is 0 Å². The summed E-state index contributed by atoms with van der Waals surface area (Å²) in [6.07, 6.45) is -5.31. The Labute approximate surface area is 162 Å². The standard InChI is InChI=1S/C20H26O8/c1-7-8-4-9(21)12-19(6-8,14(7)23)16(25)27-11-5-10(22)18(2,3)13-15(24)28-17(26)20(11,12)13/h8-15,21-24H,1,4-6H2,2-3H3/t8-,9-,10+,11+,12-,13-,14-,15-,19+,20-/m1/s1. The van der Waals surface area contributed by atoms with Crippen LogP contribution in [0.2, 0.25) is 0 Å². The number of aliphatic hydroxyl groups is 4. The molecule has 8 heteroatoms. The number of cyclic esters (lactones) is 1. The molecule has 0 aromatic carbocycles. The van der Waals surface area contributed by atoms with Gasteiger partial charge in [-0.15, -0.1) is 0 Å². The van der Waals surface area contributed by atoms with E-state index < -0.39 is 70.7 Å². The van der Waals surface area contributed by atoms with Gasteiger partial charge in [0.25, 0.3) is 0 Å². The topological polar surface area (TPSA) is 134 Å². The van der Waals surface area contributed by atoms with E-state index in [-0.39, 0.29) is 25.2 Å². The highest BCUT2D eigenvalue weighted by Gasteiger charge is 2.83. The molecule has 0 unspecified atom stereocenters. The molecule has 4 N–H and O–H groups in total. The molecule has 5 rings (SSSR count). The smallest absolute Gasteiger partial charge is 0.319 e. The first kappa shape index (κ1) is 18.5. The van der Waals surface area contributed by atoms with Crippen molar-refractivity contribution in [1.82, 2.24) is 0 Å². The van der Waals surface area contributed by atoms with E-state index in [9.17, 15) is 30.0 Å². The molecule has 8 nitrogen and oxygen atoms in total. The highest BCUT2D eigenvalue weighted by atomic mass is 16.6. The summed E-state index contributed by atoms with van der Waals surface area (Å²) in [7, 11) is 0. The first-order chi connectivity index (χ1) is 13.0. The molecule has 0 aromatic heterocycles. The van der Waals surface area contributed by atoms with Crippen molar-refractivity contribution in [3.63, 3.8) is 0 Å². The number of carbonyl (C=O) groups is 2. The van der Waals surface area contributed by atoms with Gasteiger partial charge in [-0.3, -0.25) is 9.59 Å². The third-order valence-electron chi connectivity index (χ3n) is 8.57. The quantitative estimate of drug-likeness (QED) is 0.319. The molecule has 2 heterocycles. The van der Waals surface area contributed by atoms with Crippen molar-refractivity contribution in [2.75, 3.05) is 0 Å². The van der Waals surface area contributed by atoms with Gasteiger partial charge in [0, 0.05) is 23.7 Å². The summed E-state index contributed by atoms with van der Waals surface area (Å²) < 4.78 is 11.0. The van der Waals surface area contributed by atoms with Crippen LogP contribution in [-0.4, -0.2) is 63.1 Å². The molecule has 5 fully saturated rings.